The molecule has 0 fully saturated rings. The molecule has 0 saturated carbocycles. The van der Waals surface area contributed by atoms with E-state index in [-0.39, 0.29) is 24.0 Å². The smallest absolute Gasteiger partial charge is 0.342 e. The molecule has 0 aliphatic carbocycles. The Morgan fingerprint density at radius 1 is 1.26 bits per heavy atom. The number of esters is 1. The number of rotatable bonds is 4. The summed E-state index contributed by atoms with van der Waals surface area (Å²) in [4.78, 5) is 12.1. The van der Waals surface area contributed by atoms with Gasteiger partial charge in [-0.15, -0.1) is 0 Å². The van der Waals surface area contributed by atoms with Crippen LogP contribution in [0.2, 0.25) is 0 Å². The highest BCUT2D eigenvalue weighted by atomic mass is 16.5. The SMILES string of the molecule is CCOC(=O)c1c(O)ccc2c1CC(c1ccc(OC)cc1)O2. The molecule has 2 aromatic carbocycles. The maximum absolute atomic E-state index is 12.1. The summed E-state index contributed by atoms with van der Waals surface area (Å²) in [6.07, 6.45) is 0.301. The summed E-state index contributed by atoms with van der Waals surface area (Å²) in [5, 5.41) is 10.0. The first-order valence-electron chi connectivity index (χ1n) is 7.46. The summed E-state index contributed by atoms with van der Waals surface area (Å²) in [7, 11) is 1.62. The fourth-order valence-electron chi connectivity index (χ4n) is 2.75. The highest BCUT2D eigenvalue weighted by molar-refractivity contribution is 5.95. The number of phenolic OH excluding ortho intramolecular Hbond substituents is 1. The molecule has 1 atom stereocenters. The van der Waals surface area contributed by atoms with Gasteiger partial charge in [-0.1, -0.05) is 12.1 Å². The number of phenols is 1. The molecule has 23 heavy (non-hydrogen) atoms. The Morgan fingerprint density at radius 3 is 2.65 bits per heavy atom. The van der Waals surface area contributed by atoms with Gasteiger partial charge in [0, 0.05) is 12.0 Å². The minimum Gasteiger partial charge on any atom is -0.507 e. The van der Waals surface area contributed by atoms with Crippen molar-refractivity contribution in [2.45, 2.75) is 19.4 Å². The number of benzene rings is 2. The van der Waals surface area contributed by atoms with Crippen molar-refractivity contribution in [3.05, 3.63) is 53.1 Å². The van der Waals surface area contributed by atoms with Crippen LogP contribution in [0.15, 0.2) is 36.4 Å². The van der Waals surface area contributed by atoms with Crippen LogP contribution in [0, 0.1) is 0 Å². The van der Waals surface area contributed by atoms with Crippen molar-refractivity contribution in [2.24, 2.45) is 0 Å². The molecular weight excluding hydrogens is 296 g/mol. The number of carbonyl (C=O) groups is 1. The Bertz CT molecular complexity index is 721. The Balaban J connectivity index is 1.91. The van der Waals surface area contributed by atoms with Crippen LogP contribution in [0.1, 0.15) is 34.5 Å². The van der Waals surface area contributed by atoms with E-state index in [9.17, 15) is 9.90 Å². The van der Waals surface area contributed by atoms with Crippen molar-refractivity contribution in [1.82, 2.24) is 0 Å². The first-order chi connectivity index (χ1) is 11.1. The molecule has 5 heteroatoms. The van der Waals surface area contributed by atoms with E-state index in [2.05, 4.69) is 0 Å². The molecule has 1 aliphatic heterocycles. The van der Waals surface area contributed by atoms with Crippen molar-refractivity contribution in [3.63, 3.8) is 0 Å². The van der Waals surface area contributed by atoms with E-state index < -0.39 is 5.97 Å². The van der Waals surface area contributed by atoms with Crippen LogP contribution in [0.4, 0.5) is 0 Å². The first kappa shape index (κ1) is 15.2. The second-order valence-electron chi connectivity index (χ2n) is 5.24. The molecule has 1 aliphatic rings. The summed E-state index contributed by atoms with van der Waals surface area (Å²) in [6.45, 7) is 1.99. The minimum atomic E-state index is -0.527. The number of methoxy groups -OCH3 is 1. The van der Waals surface area contributed by atoms with Crippen LogP contribution in [-0.4, -0.2) is 24.8 Å². The van der Waals surface area contributed by atoms with Gasteiger partial charge in [0.15, 0.2) is 0 Å². The lowest BCUT2D eigenvalue weighted by atomic mass is 9.99. The molecule has 3 rings (SSSR count). The van der Waals surface area contributed by atoms with Gasteiger partial charge in [0.25, 0.3) is 0 Å². The fraction of sp³-hybridized carbons (Fsp3) is 0.278. The molecule has 1 N–H and O–H groups in total. The van der Waals surface area contributed by atoms with Gasteiger partial charge in [-0.25, -0.2) is 4.79 Å². The summed E-state index contributed by atoms with van der Waals surface area (Å²) < 4.78 is 16.1. The maximum Gasteiger partial charge on any atom is 0.342 e. The number of hydrogen-bond acceptors (Lipinski definition) is 5. The summed E-state index contributed by atoms with van der Waals surface area (Å²) in [6, 6.07) is 10.7. The minimum absolute atomic E-state index is 0.0822. The van der Waals surface area contributed by atoms with Crippen molar-refractivity contribution in [2.75, 3.05) is 13.7 Å². The molecule has 0 radical (unpaired) electrons. The average molecular weight is 314 g/mol. The lowest BCUT2D eigenvalue weighted by Gasteiger charge is -2.11. The van der Waals surface area contributed by atoms with Gasteiger partial charge in [-0.3, -0.25) is 0 Å². The highest BCUT2D eigenvalue weighted by Gasteiger charge is 2.31. The van der Waals surface area contributed by atoms with E-state index in [4.69, 9.17) is 14.2 Å². The second kappa shape index (κ2) is 6.20. The van der Waals surface area contributed by atoms with Gasteiger partial charge < -0.3 is 19.3 Å². The number of carbonyl (C=O) groups excluding carboxylic acids is 1. The van der Waals surface area contributed by atoms with Crippen molar-refractivity contribution in [1.29, 1.82) is 0 Å². The van der Waals surface area contributed by atoms with Crippen LogP contribution in [0.5, 0.6) is 17.2 Å². The number of hydrogen-bond donors (Lipinski definition) is 1. The maximum atomic E-state index is 12.1. The summed E-state index contributed by atoms with van der Waals surface area (Å²) in [5.74, 6) is 0.766. The van der Waals surface area contributed by atoms with E-state index >= 15 is 0 Å². The zero-order valence-electron chi connectivity index (χ0n) is 13.0. The lowest BCUT2D eigenvalue weighted by Crippen LogP contribution is -2.08. The van der Waals surface area contributed by atoms with Crippen molar-refractivity contribution >= 4 is 5.97 Å². The molecule has 2 aromatic rings. The molecule has 0 amide bonds. The molecule has 1 unspecified atom stereocenters. The first-order valence-corrected chi connectivity index (χ1v) is 7.46. The molecular formula is C18H18O5. The number of fused-ring (bicyclic) bond motifs is 1. The summed E-state index contributed by atoms with van der Waals surface area (Å²) in [5.41, 5.74) is 1.86. The lowest BCUT2D eigenvalue weighted by molar-refractivity contribution is 0.0522. The summed E-state index contributed by atoms with van der Waals surface area (Å²) >= 11 is 0. The molecule has 120 valence electrons. The Morgan fingerprint density at radius 2 is 2.00 bits per heavy atom. The standard InChI is InChI=1S/C18H18O5/c1-3-22-18(20)17-13-10-16(23-15(13)9-8-14(17)19)11-4-6-12(21-2)7-5-11/h4-9,16,19H,3,10H2,1-2H3. The van der Waals surface area contributed by atoms with E-state index in [0.717, 1.165) is 11.3 Å². The Kier molecular flexibility index (Phi) is 4.10. The second-order valence-corrected chi connectivity index (χ2v) is 5.24. The number of aromatic hydroxyl groups is 1. The van der Waals surface area contributed by atoms with Crippen molar-refractivity contribution in [3.8, 4) is 17.2 Å². The monoisotopic (exact) mass is 314 g/mol. The quantitative estimate of drug-likeness (QED) is 0.878. The third-order valence-corrected chi connectivity index (χ3v) is 3.87. The van der Waals surface area contributed by atoms with Crippen LogP contribution in [0.25, 0.3) is 0 Å². The highest BCUT2D eigenvalue weighted by Crippen LogP contribution is 2.41. The molecule has 0 aromatic heterocycles. The zero-order chi connectivity index (χ0) is 16.4. The van der Waals surface area contributed by atoms with Gasteiger partial charge in [0.05, 0.1) is 13.7 Å². The van der Waals surface area contributed by atoms with Gasteiger partial charge in [-0.05, 0) is 36.8 Å². The van der Waals surface area contributed by atoms with Crippen molar-refractivity contribution < 1.29 is 24.1 Å². The third-order valence-electron chi connectivity index (χ3n) is 3.87. The van der Waals surface area contributed by atoms with Crippen LogP contribution >= 0.6 is 0 Å². The third kappa shape index (κ3) is 2.82. The molecule has 0 saturated heterocycles. The molecule has 0 spiro atoms. The largest absolute Gasteiger partial charge is 0.507 e. The zero-order valence-corrected chi connectivity index (χ0v) is 13.0. The van der Waals surface area contributed by atoms with Gasteiger partial charge >= 0.3 is 5.97 Å². The van der Waals surface area contributed by atoms with Crippen LogP contribution in [0.3, 0.4) is 0 Å². The van der Waals surface area contributed by atoms with E-state index in [1.807, 2.05) is 24.3 Å². The Hall–Kier alpha value is -2.69. The fourth-order valence-corrected chi connectivity index (χ4v) is 2.75. The normalized spacial score (nSPS) is 15.7. The average Bonchev–Trinajstić information content (AvgIpc) is 2.99. The molecule has 0 bridgehead atoms. The predicted octanol–water partition coefficient (Wildman–Crippen LogP) is 3.25. The molecule has 5 nitrogen and oxygen atoms in total. The number of ether oxygens (including phenoxy) is 3. The van der Waals surface area contributed by atoms with Crippen LogP contribution < -0.4 is 9.47 Å². The van der Waals surface area contributed by atoms with E-state index in [1.54, 1.807) is 20.1 Å². The topological polar surface area (TPSA) is 65.0 Å². The van der Waals surface area contributed by atoms with E-state index in [1.165, 1.54) is 6.07 Å². The molecule has 1 heterocycles. The van der Waals surface area contributed by atoms with Gasteiger partial charge in [-0.2, -0.15) is 0 Å². The van der Waals surface area contributed by atoms with Gasteiger partial charge in [0.2, 0.25) is 0 Å². The van der Waals surface area contributed by atoms with Crippen LogP contribution in [-0.2, 0) is 11.2 Å². The Labute approximate surface area is 134 Å². The van der Waals surface area contributed by atoms with E-state index in [0.29, 0.717) is 17.7 Å². The van der Waals surface area contributed by atoms with Gasteiger partial charge in [0.1, 0.15) is 28.9 Å². The predicted molar refractivity (Wildman–Crippen MR) is 84.1 cm³/mol.